The van der Waals surface area contributed by atoms with Crippen LogP contribution in [-0.4, -0.2) is 33.1 Å². The minimum absolute atomic E-state index is 0.298. The molecular weight excluding hydrogens is 226 g/mol. The molecule has 0 radical (unpaired) electrons. The van der Waals surface area contributed by atoms with E-state index in [0.29, 0.717) is 18.6 Å². The summed E-state index contributed by atoms with van der Waals surface area (Å²) in [5, 5.41) is 18.2. The van der Waals surface area contributed by atoms with Gasteiger partial charge < -0.3 is 10.4 Å². The molecule has 0 spiro atoms. The van der Waals surface area contributed by atoms with Crippen LogP contribution in [0.1, 0.15) is 52.0 Å². The molecule has 1 aliphatic rings. The predicted octanol–water partition coefficient (Wildman–Crippen LogP) is 2.12. The lowest BCUT2D eigenvalue weighted by molar-refractivity contribution is 0.00181. The van der Waals surface area contributed by atoms with E-state index in [9.17, 15) is 5.11 Å². The summed E-state index contributed by atoms with van der Waals surface area (Å²) in [6.45, 7) is 4.99. The van der Waals surface area contributed by atoms with E-state index in [-0.39, 0.29) is 0 Å². The van der Waals surface area contributed by atoms with E-state index in [1.54, 1.807) is 6.20 Å². The maximum absolute atomic E-state index is 10.4. The van der Waals surface area contributed by atoms with Crippen LogP contribution in [0.4, 0.5) is 0 Å². The van der Waals surface area contributed by atoms with Gasteiger partial charge in [-0.1, -0.05) is 19.3 Å². The second-order valence-electron chi connectivity index (χ2n) is 5.68. The van der Waals surface area contributed by atoms with Crippen LogP contribution in [-0.2, 0) is 0 Å². The highest BCUT2D eigenvalue weighted by Crippen LogP contribution is 2.27. The molecule has 0 saturated heterocycles. The zero-order valence-electron chi connectivity index (χ0n) is 11.5. The molecule has 2 rings (SSSR count). The second-order valence-corrected chi connectivity index (χ2v) is 5.68. The maximum atomic E-state index is 10.4. The third-order valence-electron chi connectivity index (χ3n) is 4.20. The Labute approximate surface area is 109 Å². The number of aromatic nitrogens is 2. The molecule has 0 bridgehead atoms. The lowest BCUT2D eigenvalue weighted by atomic mass is 9.84. The van der Waals surface area contributed by atoms with Gasteiger partial charge in [0.05, 0.1) is 11.6 Å². The summed E-state index contributed by atoms with van der Waals surface area (Å²) in [4.78, 5) is 0. The number of hydrogen-bond acceptors (Lipinski definition) is 3. The van der Waals surface area contributed by atoms with Crippen LogP contribution in [0.2, 0.25) is 0 Å². The first-order chi connectivity index (χ1) is 8.61. The lowest BCUT2D eigenvalue weighted by Gasteiger charge is -2.34. The van der Waals surface area contributed by atoms with E-state index in [2.05, 4.69) is 24.3 Å². The molecule has 0 amide bonds. The monoisotopic (exact) mass is 251 g/mol. The Morgan fingerprint density at radius 2 is 2.06 bits per heavy atom. The molecule has 102 valence electrons. The molecule has 1 aliphatic carbocycles. The van der Waals surface area contributed by atoms with Crippen LogP contribution < -0.4 is 5.32 Å². The van der Waals surface area contributed by atoms with Gasteiger partial charge in [-0.15, -0.1) is 0 Å². The Hall–Kier alpha value is -0.870. The third-order valence-corrected chi connectivity index (χ3v) is 4.20. The quantitative estimate of drug-likeness (QED) is 0.842. The van der Waals surface area contributed by atoms with Crippen molar-refractivity contribution in [2.75, 3.05) is 6.54 Å². The molecule has 1 aromatic rings. The van der Waals surface area contributed by atoms with E-state index in [0.717, 1.165) is 25.7 Å². The third kappa shape index (κ3) is 3.33. The number of hydrogen-bond donors (Lipinski definition) is 2. The van der Waals surface area contributed by atoms with E-state index in [1.807, 2.05) is 16.9 Å². The molecular formula is C14H25N3O. The Morgan fingerprint density at radius 1 is 1.33 bits per heavy atom. The maximum Gasteiger partial charge on any atom is 0.0771 e. The molecule has 0 unspecified atom stereocenters. The first-order valence-corrected chi connectivity index (χ1v) is 7.06. The molecule has 1 saturated carbocycles. The average molecular weight is 251 g/mol. The molecule has 4 nitrogen and oxygen atoms in total. The summed E-state index contributed by atoms with van der Waals surface area (Å²) in [6, 6.07) is 2.54. The Morgan fingerprint density at radius 3 is 2.67 bits per heavy atom. The van der Waals surface area contributed by atoms with Gasteiger partial charge >= 0.3 is 0 Å². The predicted molar refractivity (Wildman–Crippen MR) is 72.4 cm³/mol. The standard InChI is InChI=1S/C14H25N3O/c1-12(13(2)17-10-6-9-16-17)15-11-14(18)7-4-3-5-8-14/h6,9-10,12-13,15,18H,3-5,7-8,11H2,1-2H3/t12-,13-/m1/s1. The van der Waals surface area contributed by atoms with Gasteiger partial charge in [-0.3, -0.25) is 4.68 Å². The largest absolute Gasteiger partial charge is 0.389 e. The molecule has 2 N–H and O–H groups in total. The van der Waals surface area contributed by atoms with Crippen LogP contribution >= 0.6 is 0 Å². The number of rotatable bonds is 5. The van der Waals surface area contributed by atoms with Gasteiger partial charge in [-0.2, -0.15) is 5.10 Å². The van der Waals surface area contributed by atoms with Crippen LogP contribution in [0.3, 0.4) is 0 Å². The molecule has 18 heavy (non-hydrogen) atoms. The summed E-state index contributed by atoms with van der Waals surface area (Å²) in [5.74, 6) is 0. The zero-order valence-corrected chi connectivity index (χ0v) is 11.5. The summed E-state index contributed by atoms with van der Waals surface area (Å²) in [7, 11) is 0. The van der Waals surface area contributed by atoms with Gasteiger partial charge in [0.2, 0.25) is 0 Å². The van der Waals surface area contributed by atoms with Crippen molar-refractivity contribution in [1.82, 2.24) is 15.1 Å². The van der Waals surface area contributed by atoms with E-state index in [4.69, 9.17) is 0 Å². The smallest absolute Gasteiger partial charge is 0.0771 e. The van der Waals surface area contributed by atoms with E-state index in [1.165, 1.54) is 6.42 Å². The lowest BCUT2D eigenvalue weighted by Crippen LogP contribution is -2.46. The number of nitrogens with zero attached hydrogens (tertiary/aromatic N) is 2. The molecule has 2 atom stereocenters. The van der Waals surface area contributed by atoms with Crippen molar-refractivity contribution in [3.63, 3.8) is 0 Å². The van der Waals surface area contributed by atoms with Gasteiger partial charge in [0.15, 0.2) is 0 Å². The van der Waals surface area contributed by atoms with E-state index >= 15 is 0 Å². The Bertz CT molecular complexity index is 344. The van der Waals surface area contributed by atoms with Crippen molar-refractivity contribution >= 4 is 0 Å². The molecule has 1 heterocycles. The summed E-state index contributed by atoms with van der Waals surface area (Å²) in [6.07, 6.45) is 9.23. The van der Waals surface area contributed by atoms with Crippen molar-refractivity contribution in [2.24, 2.45) is 0 Å². The minimum atomic E-state index is -0.490. The van der Waals surface area contributed by atoms with Crippen molar-refractivity contribution in [1.29, 1.82) is 0 Å². The SMILES string of the molecule is C[C@H]([C@@H](C)NCC1(O)CCCCC1)n1cccn1. The molecule has 4 heteroatoms. The van der Waals surface area contributed by atoms with Gasteiger partial charge in [0, 0.05) is 25.0 Å². The highest BCUT2D eigenvalue weighted by atomic mass is 16.3. The molecule has 0 aliphatic heterocycles. The van der Waals surface area contributed by atoms with Gasteiger partial charge in [-0.05, 0) is 32.8 Å². The van der Waals surface area contributed by atoms with Crippen molar-refractivity contribution < 1.29 is 5.11 Å². The normalized spacial score (nSPS) is 22.6. The molecule has 1 fully saturated rings. The second kappa shape index (κ2) is 5.85. The fourth-order valence-corrected chi connectivity index (χ4v) is 2.66. The van der Waals surface area contributed by atoms with Crippen LogP contribution in [0.5, 0.6) is 0 Å². The topological polar surface area (TPSA) is 50.1 Å². The van der Waals surface area contributed by atoms with Gasteiger partial charge in [0.1, 0.15) is 0 Å². The summed E-state index contributed by atoms with van der Waals surface area (Å²) in [5.41, 5.74) is -0.490. The van der Waals surface area contributed by atoms with Crippen LogP contribution in [0, 0.1) is 0 Å². The van der Waals surface area contributed by atoms with E-state index < -0.39 is 5.60 Å². The van der Waals surface area contributed by atoms with Crippen molar-refractivity contribution in [3.05, 3.63) is 18.5 Å². The van der Waals surface area contributed by atoms with Crippen LogP contribution in [0.15, 0.2) is 18.5 Å². The summed E-state index contributed by atoms with van der Waals surface area (Å²) < 4.78 is 1.96. The first-order valence-electron chi connectivity index (χ1n) is 7.06. The highest BCUT2D eigenvalue weighted by molar-refractivity contribution is 4.88. The van der Waals surface area contributed by atoms with Gasteiger partial charge in [0.25, 0.3) is 0 Å². The van der Waals surface area contributed by atoms with Gasteiger partial charge in [-0.25, -0.2) is 0 Å². The zero-order chi connectivity index (χ0) is 13.0. The number of nitrogens with one attached hydrogen (secondary N) is 1. The van der Waals surface area contributed by atoms with Crippen molar-refractivity contribution in [3.8, 4) is 0 Å². The number of aliphatic hydroxyl groups is 1. The Kier molecular flexibility index (Phi) is 4.40. The fourth-order valence-electron chi connectivity index (χ4n) is 2.66. The highest BCUT2D eigenvalue weighted by Gasteiger charge is 2.29. The Balaban J connectivity index is 1.82. The average Bonchev–Trinajstić information content (AvgIpc) is 2.90. The minimum Gasteiger partial charge on any atom is -0.389 e. The fraction of sp³-hybridized carbons (Fsp3) is 0.786. The molecule has 0 aromatic carbocycles. The van der Waals surface area contributed by atoms with Crippen LogP contribution in [0.25, 0.3) is 0 Å². The van der Waals surface area contributed by atoms with Crippen molar-refractivity contribution in [2.45, 2.75) is 63.6 Å². The summed E-state index contributed by atoms with van der Waals surface area (Å²) >= 11 is 0. The molecule has 1 aromatic heterocycles. The first kappa shape index (κ1) is 13.6.